The smallest absolute Gasteiger partial charge is 0.756 e. The van der Waals surface area contributed by atoms with Crippen LogP contribution in [0.5, 0.6) is 0 Å². The molecule has 0 spiro atoms. The summed E-state index contributed by atoms with van der Waals surface area (Å²) in [6.45, 7) is -0.219. The summed E-state index contributed by atoms with van der Waals surface area (Å²) in [5.41, 5.74) is 6.43. The van der Waals surface area contributed by atoms with E-state index in [0.29, 0.717) is 11.2 Å². The molecular weight excluding hydrogens is 356 g/mol. The molecule has 24 heavy (non-hydrogen) atoms. The maximum atomic E-state index is 11.3. The third kappa shape index (κ3) is 3.10. The standard InChI is InChI=1S/C10H12N5O6P.Na.H2O/c11-8-5-9(13-2-12-8)15(3-14-5)10-6(16)7-4(20-10)1-19-22(17,18)21-7;;/h2-4,6-7,10,16H,1H2,(H,17,18)(H2,11,12,13);;1H2/q;+1;/p-1/t4-,6-,7-,10-;;/m1../s1. The number of anilines is 1. The van der Waals surface area contributed by atoms with Gasteiger partial charge < -0.3 is 35.0 Å². The van der Waals surface area contributed by atoms with Gasteiger partial charge in [-0.05, 0) is 0 Å². The quantitative estimate of drug-likeness (QED) is 0.363. The third-order valence-corrected chi connectivity index (χ3v) is 4.59. The van der Waals surface area contributed by atoms with Crippen LogP contribution >= 0.6 is 7.82 Å². The van der Waals surface area contributed by atoms with E-state index in [1.54, 1.807) is 0 Å². The molecular formula is C10H13N5NaO7P. The number of aromatic nitrogens is 4. The fourth-order valence-corrected chi connectivity index (χ4v) is 3.56. The number of nitrogens with two attached hydrogens (primary N) is 1. The molecule has 2 aromatic rings. The van der Waals surface area contributed by atoms with Crippen molar-refractivity contribution in [1.82, 2.24) is 19.5 Å². The van der Waals surface area contributed by atoms with Gasteiger partial charge in [0, 0.05) is 0 Å². The van der Waals surface area contributed by atoms with Crippen LogP contribution in [0.1, 0.15) is 6.23 Å². The van der Waals surface area contributed by atoms with E-state index in [-0.39, 0.29) is 47.5 Å². The van der Waals surface area contributed by atoms with Crippen molar-refractivity contribution < 1.29 is 63.4 Å². The summed E-state index contributed by atoms with van der Waals surface area (Å²) < 4.78 is 27.8. The van der Waals surface area contributed by atoms with Crippen LogP contribution in [0.2, 0.25) is 0 Å². The Balaban J connectivity index is 0.00000104. The van der Waals surface area contributed by atoms with Crippen molar-refractivity contribution >= 4 is 24.8 Å². The van der Waals surface area contributed by atoms with Crippen LogP contribution in [0.4, 0.5) is 5.82 Å². The largest absolute Gasteiger partial charge is 1.00 e. The topological polar surface area (TPSA) is 189 Å². The zero-order valence-electron chi connectivity index (χ0n) is 12.5. The Kier molecular flexibility index (Phi) is 5.67. The van der Waals surface area contributed by atoms with E-state index in [0.717, 1.165) is 0 Å². The fraction of sp³-hybridized carbons (Fsp3) is 0.500. The summed E-state index contributed by atoms with van der Waals surface area (Å²) in [5.74, 6) is 0.192. The number of imidazole rings is 1. The number of aliphatic hydroxyl groups excluding tert-OH is 1. The number of aliphatic hydroxyl groups is 1. The number of ether oxygens (including phenoxy) is 1. The molecule has 0 aromatic carbocycles. The van der Waals surface area contributed by atoms with Crippen LogP contribution in [0, 0.1) is 0 Å². The van der Waals surface area contributed by atoms with Gasteiger partial charge in [0.1, 0.15) is 30.2 Å². The minimum Gasteiger partial charge on any atom is -0.756 e. The van der Waals surface area contributed by atoms with Gasteiger partial charge in [-0.25, -0.2) is 15.0 Å². The van der Waals surface area contributed by atoms with Crippen LogP contribution in [0.3, 0.4) is 0 Å². The fourth-order valence-electron chi connectivity index (χ4n) is 2.61. The second-order valence-corrected chi connectivity index (χ2v) is 6.32. The van der Waals surface area contributed by atoms with E-state index in [2.05, 4.69) is 19.5 Å². The number of phosphoric acid groups is 1. The molecule has 12 nitrogen and oxygen atoms in total. The van der Waals surface area contributed by atoms with Crippen LogP contribution in [-0.4, -0.2) is 55.0 Å². The zero-order chi connectivity index (χ0) is 15.5. The van der Waals surface area contributed by atoms with Crippen LogP contribution in [0.15, 0.2) is 12.7 Å². The molecule has 14 heteroatoms. The average molecular weight is 369 g/mol. The Hall–Kier alpha value is -0.660. The van der Waals surface area contributed by atoms with Crippen molar-refractivity contribution in [2.75, 3.05) is 12.3 Å². The number of hydrogen-bond donors (Lipinski definition) is 2. The predicted octanol–water partition coefficient (Wildman–Crippen LogP) is -5.27. The predicted molar refractivity (Wildman–Crippen MR) is 71.7 cm³/mol. The van der Waals surface area contributed by atoms with Gasteiger partial charge in [0.05, 0.1) is 12.9 Å². The van der Waals surface area contributed by atoms with Crippen LogP contribution in [-0.2, 0) is 18.3 Å². The number of nitrogen functional groups attached to an aromatic ring is 1. The summed E-state index contributed by atoms with van der Waals surface area (Å²) in [6.07, 6.45) is -1.26. The first-order valence-corrected chi connectivity index (χ1v) is 7.83. The maximum absolute atomic E-state index is 11.3. The Morgan fingerprint density at radius 3 is 2.92 bits per heavy atom. The van der Waals surface area contributed by atoms with Crippen molar-refractivity contribution in [2.45, 2.75) is 24.5 Å². The Morgan fingerprint density at radius 1 is 1.42 bits per heavy atom. The van der Waals surface area contributed by atoms with E-state index >= 15 is 0 Å². The Labute approximate surface area is 157 Å². The summed E-state index contributed by atoms with van der Waals surface area (Å²) in [4.78, 5) is 23.3. The maximum Gasteiger partial charge on any atom is 1.00 e. The van der Waals surface area contributed by atoms with Gasteiger partial charge in [-0.2, -0.15) is 0 Å². The van der Waals surface area contributed by atoms with Gasteiger partial charge in [-0.15, -0.1) is 0 Å². The average Bonchev–Trinajstić information content (AvgIpc) is 3.01. The van der Waals surface area contributed by atoms with Crippen molar-refractivity contribution in [2.24, 2.45) is 0 Å². The summed E-state index contributed by atoms with van der Waals surface area (Å²) in [6, 6.07) is 0. The van der Waals surface area contributed by atoms with E-state index in [9.17, 15) is 14.6 Å². The molecule has 0 saturated carbocycles. The first kappa shape index (κ1) is 19.7. The third-order valence-electron chi connectivity index (χ3n) is 3.62. The number of phosphoric ester groups is 1. The van der Waals surface area contributed by atoms with Gasteiger partial charge in [-0.1, -0.05) is 0 Å². The molecule has 5 N–H and O–H groups in total. The molecule has 5 atom stereocenters. The van der Waals surface area contributed by atoms with E-state index < -0.39 is 32.4 Å². The first-order valence-electron chi connectivity index (χ1n) is 6.37. The van der Waals surface area contributed by atoms with Crippen LogP contribution < -0.4 is 40.2 Å². The van der Waals surface area contributed by atoms with Crippen molar-refractivity contribution in [3.05, 3.63) is 12.7 Å². The first-order chi connectivity index (χ1) is 10.5. The summed E-state index contributed by atoms with van der Waals surface area (Å²) in [7, 11) is -4.41. The minimum atomic E-state index is -4.41. The monoisotopic (exact) mass is 369 g/mol. The molecule has 2 saturated heterocycles. The SMILES string of the molecule is Nc1ncnc2c1ncn2[C@@H]1O[C@@H]2COP(=O)([O-])O[C@H]2[C@H]1O.O.[Na+]. The van der Waals surface area contributed by atoms with E-state index in [1.807, 2.05) is 0 Å². The number of fused-ring (bicyclic) bond motifs is 2. The van der Waals surface area contributed by atoms with Crippen molar-refractivity contribution in [3.8, 4) is 0 Å². The van der Waals surface area contributed by atoms with Gasteiger partial charge in [0.2, 0.25) is 0 Å². The molecule has 2 aliphatic rings. The molecule has 2 aliphatic heterocycles. The molecule has 1 unspecified atom stereocenters. The molecule has 126 valence electrons. The number of hydrogen-bond acceptors (Lipinski definition) is 10. The van der Waals surface area contributed by atoms with Gasteiger partial charge in [0.15, 0.2) is 17.7 Å². The minimum absolute atomic E-state index is 0. The second-order valence-electron chi connectivity index (χ2n) is 4.95. The van der Waals surface area contributed by atoms with E-state index in [1.165, 1.54) is 17.2 Å². The van der Waals surface area contributed by atoms with Crippen molar-refractivity contribution in [3.63, 3.8) is 0 Å². The molecule has 2 aromatic heterocycles. The number of rotatable bonds is 1. The van der Waals surface area contributed by atoms with Gasteiger partial charge in [0.25, 0.3) is 7.82 Å². The van der Waals surface area contributed by atoms with Crippen molar-refractivity contribution in [1.29, 1.82) is 0 Å². The van der Waals surface area contributed by atoms with Gasteiger partial charge in [-0.3, -0.25) is 9.13 Å². The van der Waals surface area contributed by atoms with Crippen LogP contribution in [0.25, 0.3) is 11.2 Å². The molecule has 0 radical (unpaired) electrons. The molecule has 0 bridgehead atoms. The second kappa shape index (κ2) is 6.92. The van der Waals surface area contributed by atoms with Gasteiger partial charge >= 0.3 is 29.6 Å². The summed E-state index contributed by atoms with van der Waals surface area (Å²) in [5, 5.41) is 10.3. The normalized spacial score (nSPS) is 35.1. The molecule has 0 amide bonds. The molecule has 2 fully saturated rings. The zero-order valence-corrected chi connectivity index (χ0v) is 15.4. The molecule has 4 heterocycles. The molecule has 0 aliphatic carbocycles. The molecule has 4 rings (SSSR count). The Bertz CT molecular complexity index is 790. The number of nitrogens with zero attached hydrogens (tertiary/aromatic N) is 4. The van der Waals surface area contributed by atoms with E-state index in [4.69, 9.17) is 15.0 Å². The summed E-state index contributed by atoms with van der Waals surface area (Å²) >= 11 is 0. The Morgan fingerprint density at radius 2 is 2.17 bits per heavy atom.